The van der Waals surface area contributed by atoms with Gasteiger partial charge < -0.3 is 4.74 Å². The smallest absolute Gasteiger partial charge is 0.341 e. The van der Waals surface area contributed by atoms with Gasteiger partial charge in [0.1, 0.15) is 5.82 Å². The third-order valence-corrected chi connectivity index (χ3v) is 5.18. The van der Waals surface area contributed by atoms with Gasteiger partial charge in [0.15, 0.2) is 12.4 Å². The molecule has 6 nitrogen and oxygen atoms in total. The minimum Gasteiger partial charge on any atom is -0.454 e. The van der Waals surface area contributed by atoms with Crippen molar-refractivity contribution in [2.45, 2.75) is 0 Å². The minimum atomic E-state index is -0.904. The standard InChI is InChI=1S/C23H14Cl2FN3O3/c24-15-7-10-19(25)18(11-15)21-12-27-28-29(21)16-8-5-14(6-9-16)22(30)13-32-23(31)17-3-1-2-4-20(17)26/h1-12H,13H2. The summed E-state index contributed by atoms with van der Waals surface area (Å²) < 4.78 is 20.2. The van der Waals surface area contributed by atoms with Crippen molar-refractivity contribution in [1.29, 1.82) is 0 Å². The second-order valence-electron chi connectivity index (χ2n) is 6.68. The van der Waals surface area contributed by atoms with Crippen molar-refractivity contribution < 1.29 is 18.7 Å². The molecule has 9 heteroatoms. The van der Waals surface area contributed by atoms with Gasteiger partial charge in [0, 0.05) is 16.1 Å². The molecule has 0 N–H and O–H groups in total. The monoisotopic (exact) mass is 469 g/mol. The minimum absolute atomic E-state index is 0.228. The van der Waals surface area contributed by atoms with Crippen molar-refractivity contribution in [2.75, 3.05) is 6.61 Å². The predicted molar refractivity (Wildman–Crippen MR) is 118 cm³/mol. The van der Waals surface area contributed by atoms with Crippen LogP contribution in [0.2, 0.25) is 10.0 Å². The molecule has 160 valence electrons. The molecule has 0 radical (unpaired) electrons. The van der Waals surface area contributed by atoms with Crippen LogP contribution in [0.25, 0.3) is 16.9 Å². The Morgan fingerprint density at radius 1 is 1.00 bits per heavy atom. The van der Waals surface area contributed by atoms with E-state index < -0.39 is 24.2 Å². The lowest BCUT2D eigenvalue weighted by atomic mass is 10.1. The Morgan fingerprint density at radius 2 is 1.75 bits per heavy atom. The van der Waals surface area contributed by atoms with Crippen molar-refractivity contribution in [3.8, 4) is 16.9 Å². The summed E-state index contributed by atoms with van der Waals surface area (Å²) in [6.45, 7) is -0.515. The van der Waals surface area contributed by atoms with Gasteiger partial charge in [0.05, 0.1) is 28.2 Å². The molecule has 0 atom stereocenters. The van der Waals surface area contributed by atoms with Crippen LogP contribution in [0.15, 0.2) is 72.9 Å². The molecule has 1 aromatic heterocycles. The second-order valence-corrected chi connectivity index (χ2v) is 7.52. The molecule has 4 aromatic rings. The molecule has 0 saturated carbocycles. The number of rotatable bonds is 6. The SMILES string of the molecule is O=C(COC(=O)c1ccccc1F)c1ccc(-n2nncc2-c2cc(Cl)ccc2Cl)cc1. The topological polar surface area (TPSA) is 74.1 Å². The molecule has 0 bridgehead atoms. The van der Waals surface area contributed by atoms with E-state index in [1.54, 1.807) is 53.3 Å². The van der Waals surface area contributed by atoms with Gasteiger partial charge in [0.25, 0.3) is 0 Å². The number of nitrogens with zero attached hydrogens (tertiary/aromatic N) is 3. The van der Waals surface area contributed by atoms with Crippen molar-refractivity contribution in [3.05, 3.63) is 99.9 Å². The average Bonchev–Trinajstić information content (AvgIpc) is 3.29. The van der Waals surface area contributed by atoms with E-state index in [0.717, 1.165) is 6.07 Å². The summed E-state index contributed by atoms with van der Waals surface area (Å²) in [4.78, 5) is 24.4. The maximum Gasteiger partial charge on any atom is 0.341 e. The molecular formula is C23H14Cl2FN3O3. The van der Waals surface area contributed by atoms with Crippen LogP contribution >= 0.6 is 23.2 Å². The van der Waals surface area contributed by atoms with Gasteiger partial charge in [-0.05, 0) is 54.6 Å². The molecule has 0 unspecified atom stereocenters. The molecule has 4 rings (SSSR count). The van der Waals surface area contributed by atoms with Crippen LogP contribution in [0.5, 0.6) is 0 Å². The first kappa shape index (κ1) is 21.7. The van der Waals surface area contributed by atoms with Crippen LogP contribution in [-0.2, 0) is 4.74 Å². The van der Waals surface area contributed by atoms with Crippen molar-refractivity contribution in [3.63, 3.8) is 0 Å². The van der Waals surface area contributed by atoms with Crippen molar-refractivity contribution in [1.82, 2.24) is 15.0 Å². The van der Waals surface area contributed by atoms with Gasteiger partial charge in [-0.3, -0.25) is 4.79 Å². The molecule has 0 amide bonds. The van der Waals surface area contributed by atoms with E-state index >= 15 is 0 Å². The number of benzene rings is 3. The maximum absolute atomic E-state index is 13.7. The van der Waals surface area contributed by atoms with Gasteiger partial charge in [0.2, 0.25) is 0 Å². The van der Waals surface area contributed by atoms with Crippen LogP contribution in [0.4, 0.5) is 4.39 Å². The molecule has 0 spiro atoms. The van der Waals surface area contributed by atoms with E-state index in [9.17, 15) is 14.0 Å². The zero-order chi connectivity index (χ0) is 22.7. The summed E-state index contributed by atoms with van der Waals surface area (Å²) in [7, 11) is 0. The molecule has 0 aliphatic carbocycles. The molecule has 0 saturated heterocycles. The van der Waals surface area contributed by atoms with Gasteiger partial charge in [-0.2, -0.15) is 0 Å². The largest absolute Gasteiger partial charge is 0.454 e. The van der Waals surface area contributed by atoms with E-state index in [2.05, 4.69) is 10.3 Å². The highest BCUT2D eigenvalue weighted by molar-refractivity contribution is 6.35. The van der Waals surface area contributed by atoms with Crippen LogP contribution < -0.4 is 0 Å². The molecular weight excluding hydrogens is 456 g/mol. The lowest BCUT2D eigenvalue weighted by Crippen LogP contribution is -2.15. The van der Waals surface area contributed by atoms with Crippen molar-refractivity contribution >= 4 is 35.0 Å². The fourth-order valence-electron chi connectivity index (χ4n) is 3.01. The lowest BCUT2D eigenvalue weighted by molar-refractivity contribution is 0.0470. The zero-order valence-electron chi connectivity index (χ0n) is 16.3. The molecule has 0 aliphatic heterocycles. The third-order valence-electron chi connectivity index (χ3n) is 4.62. The van der Waals surface area contributed by atoms with Crippen LogP contribution in [-0.4, -0.2) is 33.4 Å². The maximum atomic E-state index is 13.7. The summed E-state index contributed by atoms with van der Waals surface area (Å²) >= 11 is 12.4. The highest BCUT2D eigenvalue weighted by Crippen LogP contribution is 2.31. The number of Topliss-reactive ketones (excluding diaryl/α,β-unsaturated/α-hetero) is 1. The van der Waals surface area contributed by atoms with Gasteiger partial charge >= 0.3 is 5.97 Å². The Kier molecular flexibility index (Phi) is 6.30. The van der Waals surface area contributed by atoms with E-state index in [4.69, 9.17) is 27.9 Å². The van der Waals surface area contributed by atoms with E-state index in [-0.39, 0.29) is 5.56 Å². The van der Waals surface area contributed by atoms with Gasteiger partial charge in [-0.1, -0.05) is 40.5 Å². The summed E-state index contributed by atoms with van der Waals surface area (Å²) in [5, 5.41) is 9.03. The van der Waals surface area contributed by atoms with E-state index in [0.29, 0.717) is 32.6 Å². The zero-order valence-corrected chi connectivity index (χ0v) is 17.8. The Hall–Kier alpha value is -3.55. The molecule has 1 heterocycles. The van der Waals surface area contributed by atoms with E-state index in [1.165, 1.54) is 18.2 Å². The summed E-state index contributed by atoms with van der Waals surface area (Å²) in [6.07, 6.45) is 1.55. The second kappa shape index (κ2) is 9.30. The highest BCUT2D eigenvalue weighted by atomic mass is 35.5. The molecule has 3 aromatic carbocycles. The Morgan fingerprint density at radius 3 is 2.50 bits per heavy atom. The number of ketones is 1. The highest BCUT2D eigenvalue weighted by Gasteiger charge is 2.16. The number of hydrogen-bond donors (Lipinski definition) is 0. The first-order valence-corrected chi connectivity index (χ1v) is 10.1. The van der Waals surface area contributed by atoms with Crippen molar-refractivity contribution in [2.24, 2.45) is 0 Å². The van der Waals surface area contributed by atoms with Gasteiger partial charge in [-0.15, -0.1) is 5.10 Å². The summed E-state index contributed by atoms with van der Waals surface area (Å²) in [6, 6.07) is 17.0. The number of ether oxygens (including phenoxy) is 1. The summed E-state index contributed by atoms with van der Waals surface area (Å²) in [5.74, 6) is -2.05. The number of carbonyl (C=O) groups is 2. The Balaban J connectivity index is 1.49. The predicted octanol–water partition coefficient (Wildman–Crippen LogP) is 5.42. The number of halogens is 3. The molecule has 0 fully saturated rings. The fourth-order valence-corrected chi connectivity index (χ4v) is 3.40. The Labute approximate surface area is 192 Å². The number of esters is 1. The number of aromatic nitrogens is 3. The quantitative estimate of drug-likeness (QED) is 0.278. The summed E-state index contributed by atoms with van der Waals surface area (Å²) in [5.41, 5.74) is 2.00. The average molecular weight is 470 g/mol. The number of carbonyl (C=O) groups excluding carboxylic acids is 2. The molecule has 0 aliphatic rings. The first-order chi connectivity index (χ1) is 15.4. The first-order valence-electron chi connectivity index (χ1n) is 9.35. The third kappa shape index (κ3) is 4.54. The molecule has 32 heavy (non-hydrogen) atoms. The lowest BCUT2D eigenvalue weighted by Gasteiger charge is -2.09. The fraction of sp³-hybridized carbons (Fsp3) is 0.0435. The van der Waals surface area contributed by atoms with Crippen LogP contribution in [0.1, 0.15) is 20.7 Å². The number of hydrogen-bond acceptors (Lipinski definition) is 5. The Bertz CT molecular complexity index is 1310. The normalized spacial score (nSPS) is 10.7. The van der Waals surface area contributed by atoms with Gasteiger partial charge in [-0.25, -0.2) is 13.9 Å². The van der Waals surface area contributed by atoms with Crippen LogP contribution in [0.3, 0.4) is 0 Å². The van der Waals surface area contributed by atoms with E-state index in [1.807, 2.05) is 0 Å². The van der Waals surface area contributed by atoms with Crippen LogP contribution in [0, 0.1) is 5.82 Å².